The van der Waals surface area contributed by atoms with Gasteiger partial charge in [-0.2, -0.15) is 0 Å². The molecule has 59 heavy (non-hydrogen) atoms. The summed E-state index contributed by atoms with van der Waals surface area (Å²) in [4.78, 5) is 12.4. The summed E-state index contributed by atoms with van der Waals surface area (Å²) in [5.41, 5.74) is 0. The SMILES string of the molecule is CC/C=C\C/C=C\C/C=C\C/C=C\C/C=C\CCCCCC(=O)NC(CO)C(O)/C=C/CCCCCCCCCCCCCCCCCCCCCCCCCCCC. The van der Waals surface area contributed by atoms with Gasteiger partial charge >= 0.3 is 0 Å². The van der Waals surface area contributed by atoms with Crippen molar-refractivity contribution < 1.29 is 15.0 Å². The van der Waals surface area contributed by atoms with Crippen LogP contribution in [0.4, 0.5) is 0 Å². The predicted octanol–water partition coefficient (Wildman–Crippen LogP) is 16.6. The number of rotatable bonds is 46. The van der Waals surface area contributed by atoms with Crippen LogP contribution in [0.1, 0.15) is 251 Å². The molecule has 0 saturated carbocycles. The molecule has 0 fully saturated rings. The number of aliphatic hydroxyl groups excluding tert-OH is 2. The highest BCUT2D eigenvalue weighted by atomic mass is 16.3. The van der Waals surface area contributed by atoms with Gasteiger partial charge in [-0.05, 0) is 64.2 Å². The van der Waals surface area contributed by atoms with Gasteiger partial charge in [0.1, 0.15) is 0 Å². The molecule has 0 heterocycles. The highest BCUT2D eigenvalue weighted by Gasteiger charge is 2.17. The first-order valence-electron chi connectivity index (χ1n) is 25.7. The minimum Gasteiger partial charge on any atom is -0.394 e. The number of hydrogen-bond donors (Lipinski definition) is 3. The zero-order chi connectivity index (χ0) is 42.8. The largest absolute Gasteiger partial charge is 0.394 e. The molecule has 2 atom stereocenters. The van der Waals surface area contributed by atoms with Gasteiger partial charge in [0.05, 0.1) is 18.8 Å². The molecule has 0 radical (unpaired) electrons. The lowest BCUT2D eigenvalue weighted by Crippen LogP contribution is -2.45. The molecule has 0 aromatic rings. The molecule has 0 aromatic carbocycles. The minimum atomic E-state index is -0.858. The van der Waals surface area contributed by atoms with Crippen molar-refractivity contribution in [3.05, 3.63) is 72.9 Å². The topological polar surface area (TPSA) is 69.6 Å². The molecule has 0 bridgehead atoms. The summed E-state index contributed by atoms with van der Waals surface area (Å²) < 4.78 is 0. The summed E-state index contributed by atoms with van der Waals surface area (Å²) in [6.07, 6.45) is 71.9. The van der Waals surface area contributed by atoms with Crippen LogP contribution in [0.25, 0.3) is 0 Å². The third kappa shape index (κ3) is 46.7. The standard InChI is InChI=1S/C55H99NO3/c1-3-5-7-9-11-13-15-17-19-21-23-24-25-26-27-28-29-30-31-33-34-36-38-40-42-44-46-48-50-54(58)53(52-57)56-55(59)51-49-47-45-43-41-39-37-35-32-22-20-18-16-14-12-10-8-6-4-2/h6,8,12,14,18,20,32,35,39,41,48,50,53-54,57-58H,3-5,7,9-11,13,15-17,19,21-31,33-34,36-38,40,42-47,49,51-52H2,1-2H3,(H,56,59)/b8-6-,14-12-,20-18-,35-32-,41-39-,50-48+. The Bertz CT molecular complexity index is 1020. The van der Waals surface area contributed by atoms with E-state index in [1.54, 1.807) is 6.08 Å². The van der Waals surface area contributed by atoms with E-state index in [2.05, 4.69) is 79.9 Å². The Kier molecular flexibility index (Phi) is 48.3. The third-order valence-corrected chi connectivity index (χ3v) is 11.4. The molecule has 0 aliphatic heterocycles. The zero-order valence-corrected chi connectivity index (χ0v) is 39.3. The van der Waals surface area contributed by atoms with Crippen molar-refractivity contribution in [2.45, 2.75) is 264 Å². The van der Waals surface area contributed by atoms with Crippen LogP contribution in [-0.2, 0) is 4.79 Å². The van der Waals surface area contributed by atoms with E-state index in [0.717, 1.165) is 70.6 Å². The normalized spacial score (nSPS) is 13.5. The van der Waals surface area contributed by atoms with Gasteiger partial charge in [-0.15, -0.1) is 0 Å². The molecule has 3 N–H and O–H groups in total. The summed E-state index contributed by atoms with van der Waals surface area (Å²) in [5.74, 6) is -0.0956. The molecule has 1 amide bonds. The van der Waals surface area contributed by atoms with Gasteiger partial charge in [0.25, 0.3) is 0 Å². The van der Waals surface area contributed by atoms with Crippen LogP contribution in [0.15, 0.2) is 72.9 Å². The number of nitrogens with one attached hydrogen (secondary N) is 1. The maximum Gasteiger partial charge on any atom is 0.220 e. The molecule has 0 saturated heterocycles. The quantitative estimate of drug-likeness (QED) is 0.0423. The number of aliphatic hydroxyl groups is 2. The highest BCUT2D eigenvalue weighted by Crippen LogP contribution is 2.16. The van der Waals surface area contributed by atoms with E-state index in [-0.39, 0.29) is 12.5 Å². The van der Waals surface area contributed by atoms with Gasteiger partial charge in [-0.25, -0.2) is 0 Å². The van der Waals surface area contributed by atoms with Crippen molar-refractivity contribution in [1.82, 2.24) is 5.32 Å². The Morgan fingerprint density at radius 2 is 0.746 bits per heavy atom. The summed E-state index contributed by atoms with van der Waals surface area (Å²) >= 11 is 0. The second-order valence-electron chi connectivity index (χ2n) is 17.2. The highest BCUT2D eigenvalue weighted by molar-refractivity contribution is 5.76. The molecule has 0 aliphatic carbocycles. The average Bonchev–Trinajstić information content (AvgIpc) is 3.24. The Balaban J connectivity index is 3.56. The second-order valence-corrected chi connectivity index (χ2v) is 17.2. The van der Waals surface area contributed by atoms with Crippen LogP contribution >= 0.6 is 0 Å². The van der Waals surface area contributed by atoms with Crippen molar-refractivity contribution in [1.29, 1.82) is 0 Å². The maximum atomic E-state index is 12.4. The van der Waals surface area contributed by atoms with Crippen LogP contribution < -0.4 is 5.32 Å². The van der Waals surface area contributed by atoms with E-state index in [0.29, 0.717) is 6.42 Å². The number of carbonyl (C=O) groups is 1. The van der Waals surface area contributed by atoms with Gasteiger partial charge < -0.3 is 15.5 Å². The fraction of sp³-hybridized carbons (Fsp3) is 0.764. The number of allylic oxidation sites excluding steroid dienone is 11. The Morgan fingerprint density at radius 3 is 1.12 bits per heavy atom. The first-order chi connectivity index (χ1) is 29.2. The third-order valence-electron chi connectivity index (χ3n) is 11.4. The van der Waals surface area contributed by atoms with Crippen molar-refractivity contribution >= 4 is 5.91 Å². The van der Waals surface area contributed by atoms with E-state index >= 15 is 0 Å². The van der Waals surface area contributed by atoms with Crippen molar-refractivity contribution in [2.24, 2.45) is 0 Å². The van der Waals surface area contributed by atoms with Gasteiger partial charge in [0, 0.05) is 6.42 Å². The zero-order valence-electron chi connectivity index (χ0n) is 39.3. The van der Waals surface area contributed by atoms with E-state index in [1.165, 1.54) is 161 Å². The lowest BCUT2D eigenvalue weighted by Gasteiger charge is -2.19. The van der Waals surface area contributed by atoms with Gasteiger partial charge in [-0.1, -0.05) is 254 Å². The molecule has 0 spiro atoms. The monoisotopic (exact) mass is 822 g/mol. The molecule has 2 unspecified atom stereocenters. The Labute approximate surface area is 368 Å². The predicted molar refractivity (Wildman–Crippen MR) is 262 cm³/mol. The first-order valence-corrected chi connectivity index (χ1v) is 25.7. The summed E-state index contributed by atoms with van der Waals surface area (Å²) in [7, 11) is 0. The molecule has 342 valence electrons. The molecule has 4 heteroatoms. The molecule has 0 aromatic heterocycles. The van der Waals surface area contributed by atoms with E-state index in [1.807, 2.05) is 6.08 Å². The van der Waals surface area contributed by atoms with Crippen molar-refractivity contribution in [2.75, 3.05) is 6.61 Å². The number of unbranched alkanes of at least 4 members (excludes halogenated alkanes) is 29. The van der Waals surface area contributed by atoms with Gasteiger partial charge in [0.15, 0.2) is 0 Å². The summed E-state index contributed by atoms with van der Waals surface area (Å²) in [6, 6.07) is -0.644. The Morgan fingerprint density at radius 1 is 0.424 bits per heavy atom. The van der Waals surface area contributed by atoms with Gasteiger partial charge in [-0.3, -0.25) is 4.79 Å². The number of hydrogen-bond acceptors (Lipinski definition) is 3. The molecular formula is C55H99NO3. The van der Waals surface area contributed by atoms with Gasteiger partial charge in [0.2, 0.25) is 5.91 Å². The molecule has 0 aliphatic rings. The maximum absolute atomic E-state index is 12.4. The summed E-state index contributed by atoms with van der Waals surface area (Å²) in [6.45, 7) is 4.19. The van der Waals surface area contributed by atoms with Crippen molar-refractivity contribution in [3.8, 4) is 0 Å². The average molecular weight is 822 g/mol. The fourth-order valence-electron chi connectivity index (χ4n) is 7.56. The lowest BCUT2D eigenvalue weighted by atomic mass is 10.0. The van der Waals surface area contributed by atoms with Crippen LogP contribution in [0.2, 0.25) is 0 Å². The fourth-order valence-corrected chi connectivity index (χ4v) is 7.56. The minimum absolute atomic E-state index is 0.0956. The van der Waals surface area contributed by atoms with E-state index < -0.39 is 12.1 Å². The molecule has 4 nitrogen and oxygen atoms in total. The van der Waals surface area contributed by atoms with Crippen LogP contribution in [-0.4, -0.2) is 34.9 Å². The van der Waals surface area contributed by atoms with E-state index in [9.17, 15) is 15.0 Å². The Hall–Kier alpha value is -2.17. The first kappa shape index (κ1) is 56.8. The van der Waals surface area contributed by atoms with Crippen LogP contribution in [0, 0.1) is 0 Å². The second kappa shape index (κ2) is 50.2. The molecule has 0 rings (SSSR count). The summed E-state index contributed by atoms with van der Waals surface area (Å²) in [5, 5.41) is 23.1. The van der Waals surface area contributed by atoms with Crippen LogP contribution in [0.5, 0.6) is 0 Å². The lowest BCUT2D eigenvalue weighted by molar-refractivity contribution is -0.123. The molecular weight excluding hydrogens is 723 g/mol. The smallest absolute Gasteiger partial charge is 0.220 e. The van der Waals surface area contributed by atoms with E-state index in [4.69, 9.17) is 0 Å². The van der Waals surface area contributed by atoms with Crippen molar-refractivity contribution in [3.63, 3.8) is 0 Å². The van der Waals surface area contributed by atoms with Crippen LogP contribution in [0.3, 0.4) is 0 Å². The number of carbonyl (C=O) groups excluding carboxylic acids is 1. The number of amides is 1.